The zero-order valence-electron chi connectivity index (χ0n) is 9.77. The molecule has 0 aromatic carbocycles. The van der Waals surface area contributed by atoms with Crippen LogP contribution in [0.15, 0.2) is 0 Å². The van der Waals surface area contributed by atoms with Crippen molar-refractivity contribution in [3.63, 3.8) is 0 Å². The molecule has 6 nitrogen and oxygen atoms in total. The third-order valence-corrected chi connectivity index (χ3v) is 2.52. The molecule has 90 valence electrons. The summed E-state index contributed by atoms with van der Waals surface area (Å²) in [6.45, 7) is 4.72. The van der Waals surface area contributed by atoms with Crippen molar-refractivity contribution in [1.29, 1.82) is 0 Å². The van der Waals surface area contributed by atoms with Crippen LogP contribution in [0.4, 0.5) is 4.79 Å². The highest BCUT2D eigenvalue weighted by molar-refractivity contribution is 6.18. The van der Waals surface area contributed by atoms with Gasteiger partial charge in [0.05, 0.1) is 6.54 Å². The average molecular weight is 227 g/mol. The lowest BCUT2D eigenvalue weighted by Crippen LogP contribution is -2.72. The Labute approximate surface area is 94.9 Å². The third kappa shape index (κ3) is 2.06. The molecule has 1 unspecified atom stereocenters. The minimum Gasteiger partial charge on any atom is -0.310 e. The lowest BCUT2D eigenvalue weighted by Gasteiger charge is -2.31. The van der Waals surface area contributed by atoms with Gasteiger partial charge < -0.3 is 5.73 Å². The van der Waals surface area contributed by atoms with Crippen LogP contribution in [0.2, 0.25) is 0 Å². The highest BCUT2D eigenvalue weighted by Gasteiger charge is 2.46. The van der Waals surface area contributed by atoms with Crippen LogP contribution in [-0.4, -0.2) is 46.7 Å². The van der Waals surface area contributed by atoms with Crippen LogP contribution in [0, 0.1) is 0 Å². The average Bonchev–Trinajstić information content (AvgIpc) is 2.28. The van der Waals surface area contributed by atoms with Crippen molar-refractivity contribution in [3.8, 4) is 0 Å². The van der Waals surface area contributed by atoms with Crippen LogP contribution in [-0.2, 0) is 4.79 Å². The van der Waals surface area contributed by atoms with Crippen LogP contribution >= 0.6 is 0 Å². The molecule has 0 saturated carbocycles. The Balaban J connectivity index is 2.93. The summed E-state index contributed by atoms with van der Waals surface area (Å²) in [7, 11) is 0. The number of carbonyl (C=O) groups excluding carboxylic acids is 2. The van der Waals surface area contributed by atoms with Crippen LogP contribution in [0.1, 0.15) is 26.7 Å². The van der Waals surface area contributed by atoms with Gasteiger partial charge in [0, 0.05) is 6.54 Å². The highest BCUT2D eigenvalue weighted by atomic mass is 16.2. The van der Waals surface area contributed by atoms with Gasteiger partial charge in [-0.2, -0.15) is 4.90 Å². The van der Waals surface area contributed by atoms with Gasteiger partial charge in [-0.3, -0.25) is 10.2 Å². The van der Waals surface area contributed by atoms with Gasteiger partial charge in [-0.1, -0.05) is 13.8 Å². The first-order chi connectivity index (χ1) is 7.54. The van der Waals surface area contributed by atoms with Crippen LogP contribution in [0.3, 0.4) is 0 Å². The SMILES string of the molecule is CCCN1C(=[NH2+])C(N)C(=O)N(CCC)C1=O. The summed E-state index contributed by atoms with van der Waals surface area (Å²) in [4.78, 5) is 26.3. The van der Waals surface area contributed by atoms with Gasteiger partial charge in [0.25, 0.3) is 11.7 Å². The van der Waals surface area contributed by atoms with Gasteiger partial charge in [-0.05, 0) is 12.8 Å². The molecule has 0 aliphatic carbocycles. The fourth-order valence-electron chi connectivity index (χ4n) is 1.69. The van der Waals surface area contributed by atoms with Crippen molar-refractivity contribution < 1.29 is 15.0 Å². The molecule has 16 heavy (non-hydrogen) atoms. The van der Waals surface area contributed by atoms with E-state index in [0.717, 1.165) is 6.42 Å². The number of amidine groups is 1. The normalized spacial score (nSPS) is 21.9. The van der Waals surface area contributed by atoms with Crippen molar-refractivity contribution in [2.24, 2.45) is 5.73 Å². The van der Waals surface area contributed by atoms with E-state index in [-0.39, 0.29) is 11.9 Å². The number of urea groups is 1. The maximum Gasteiger partial charge on any atom is 0.417 e. The molecule has 0 bridgehead atoms. The zero-order valence-corrected chi connectivity index (χ0v) is 9.77. The quantitative estimate of drug-likeness (QED) is 0.616. The molecule has 1 aliphatic heterocycles. The lowest BCUT2D eigenvalue weighted by molar-refractivity contribution is -0.144. The van der Waals surface area contributed by atoms with Crippen molar-refractivity contribution >= 4 is 17.8 Å². The smallest absolute Gasteiger partial charge is 0.310 e. The molecule has 3 amide bonds. The largest absolute Gasteiger partial charge is 0.417 e. The zero-order chi connectivity index (χ0) is 12.3. The summed E-state index contributed by atoms with van der Waals surface area (Å²) in [6.07, 6.45) is 1.48. The number of nitrogens with two attached hydrogens (primary N) is 2. The Bertz CT molecular complexity index is 288. The van der Waals surface area contributed by atoms with E-state index in [2.05, 4.69) is 0 Å². The summed E-state index contributed by atoms with van der Waals surface area (Å²) >= 11 is 0. The van der Waals surface area contributed by atoms with Gasteiger partial charge in [-0.15, -0.1) is 0 Å². The van der Waals surface area contributed by atoms with E-state index >= 15 is 0 Å². The fourth-order valence-corrected chi connectivity index (χ4v) is 1.69. The van der Waals surface area contributed by atoms with Gasteiger partial charge in [-0.25, -0.2) is 9.69 Å². The fraction of sp³-hybridized carbons (Fsp3) is 0.700. The van der Waals surface area contributed by atoms with Gasteiger partial charge >= 0.3 is 6.03 Å². The van der Waals surface area contributed by atoms with E-state index in [1.807, 2.05) is 13.8 Å². The first-order valence-corrected chi connectivity index (χ1v) is 5.55. The monoisotopic (exact) mass is 227 g/mol. The molecule has 0 radical (unpaired) electrons. The Morgan fingerprint density at radius 2 is 1.69 bits per heavy atom. The van der Waals surface area contributed by atoms with E-state index in [1.165, 1.54) is 9.80 Å². The predicted molar refractivity (Wildman–Crippen MR) is 59.3 cm³/mol. The van der Waals surface area contributed by atoms with Crippen LogP contribution < -0.4 is 11.1 Å². The van der Waals surface area contributed by atoms with E-state index in [0.29, 0.717) is 19.5 Å². The predicted octanol–water partition coefficient (Wildman–Crippen LogP) is -1.44. The number of hydrogen-bond donors (Lipinski definition) is 2. The third-order valence-electron chi connectivity index (χ3n) is 2.52. The second-order valence-corrected chi connectivity index (χ2v) is 3.83. The standard InChI is InChI=1S/C10H18N4O2/c1-3-5-13-8(12)7(11)9(15)14(6-4-2)10(13)16/h7,12H,3-6,11H2,1-2H3/p+1. The summed E-state index contributed by atoms with van der Waals surface area (Å²) < 4.78 is 0. The molecule has 1 aliphatic rings. The van der Waals surface area contributed by atoms with Crippen molar-refractivity contribution in [3.05, 3.63) is 0 Å². The number of carbonyl (C=O) groups is 2. The van der Waals surface area contributed by atoms with E-state index in [1.54, 1.807) is 0 Å². The molecule has 1 heterocycles. The topological polar surface area (TPSA) is 92.2 Å². The van der Waals surface area contributed by atoms with Crippen molar-refractivity contribution in [1.82, 2.24) is 9.80 Å². The maximum atomic E-state index is 11.9. The van der Waals surface area contributed by atoms with E-state index in [4.69, 9.17) is 11.1 Å². The lowest BCUT2D eigenvalue weighted by atomic mass is 10.1. The van der Waals surface area contributed by atoms with Gasteiger partial charge in [0.15, 0.2) is 6.04 Å². The molecule has 6 heteroatoms. The van der Waals surface area contributed by atoms with E-state index < -0.39 is 11.9 Å². The molecule has 0 aromatic heterocycles. The molecule has 1 atom stereocenters. The molecule has 1 saturated heterocycles. The van der Waals surface area contributed by atoms with Crippen molar-refractivity contribution in [2.45, 2.75) is 32.7 Å². The Kier molecular flexibility index (Phi) is 4.00. The number of rotatable bonds is 4. The number of amides is 3. The summed E-state index contributed by atoms with van der Waals surface area (Å²) in [5.74, 6) is -0.249. The molecule has 1 rings (SSSR count). The molecular formula is C10H19N4O2+. The minimum absolute atomic E-state index is 0.157. The van der Waals surface area contributed by atoms with E-state index in [9.17, 15) is 9.59 Å². The summed E-state index contributed by atoms with van der Waals surface area (Å²) in [5.41, 5.74) is 5.68. The summed E-state index contributed by atoms with van der Waals surface area (Å²) in [5, 5.41) is 5.70. The van der Waals surface area contributed by atoms with Gasteiger partial charge in [0.2, 0.25) is 0 Å². The number of nitrogens with zero attached hydrogens (tertiary/aromatic N) is 2. The highest BCUT2D eigenvalue weighted by Crippen LogP contribution is 2.11. The Hall–Kier alpha value is -1.43. The molecule has 4 N–H and O–H groups in total. The maximum absolute atomic E-state index is 11.9. The van der Waals surface area contributed by atoms with Crippen molar-refractivity contribution in [2.75, 3.05) is 13.1 Å². The second kappa shape index (κ2) is 5.07. The number of hydrogen-bond acceptors (Lipinski definition) is 3. The molecule has 1 fully saturated rings. The first kappa shape index (κ1) is 12.6. The van der Waals surface area contributed by atoms with Crippen LogP contribution in [0.25, 0.3) is 0 Å². The van der Waals surface area contributed by atoms with Gasteiger partial charge in [0.1, 0.15) is 0 Å². The van der Waals surface area contributed by atoms with Crippen LogP contribution in [0.5, 0.6) is 0 Å². The summed E-state index contributed by atoms with van der Waals surface area (Å²) in [6, 6.07) is -1.25. The molecular weight excluding hydrogens is 208 g/mol. The first-order valence-electron chi connectivity index (χ1n) is 5.55. The molecule has 0 spiro atoms. The number of imide groups is 1. The Morgan fingerprint density at radius 3 is 2.19 bits per heavy atom. The molecule has 0 aromatic rings. The minimum atomic E-state index is -0.893. The Morgan fingerprint density at radius 1 is 1.19 bits per heavy atom. The second-order valence-electron chi connectivity index (χ2n) is 3.83.